The van der Waals surface area contributed by atoms with Gasteiger partial charge in [0, 0.05) is 25.5 Å². The summed E-state index contributed by atoms with van der Waals surface area (Å²) >= 11 is 0. The second-order valence-electron chi connectivity index (χ2n) is 3.75. The van der Waals surface area contributed by atoms with E-state index < -0.39 is 15.8 Å². The smallest absolute Gasteiger partial charge is 0.243 e. The Morgan fingerprint density at radius 2 is 1.78 bits per heavy atom. The third-order valence-corrected chi connectivity index (χ3v) is 3.95. The molecule has 0 unspecified atom stereocenters. The van der Waals surface area contributed by atoms with Crippen molar-refractivity contribution in [1.29, 1.82) is 0 Å². The highest BCUT2D eigenvalue weighted by molar-refractivity contribution is 7.89. The van der Waals surface area contributed by atoms with Gasteiger partial charge in [0.05, 0.1) is 0 Å². The lowest BCUT2D eigenvalue weighted by atomic mass is 10.4. The normalized spacial score (nSPS) is 11.6. The van der Waals surface area contributed by atoms with Gasteiger partial charge in [-0.25, -0.2) is 17.5 Å². The molecule has 0 saturated carbocycles. The predicted octanol–water partition coefficient (Wildman–Crippen LogP) is 1.61. The van der Waals surface area contributed by atoms with Gasteiger partial charge in [0.1, 0.15) is 10.7 Å². The first kappa shape index (κ1) is 12.8. The molecule has 0 aliphatic carbocycles. The Kier molecular flexibility index (Phi) is 3.78. The van der Waals surface area contributed by atoms with Gasteiger partial charge in [-0.3, -0.25) is 0 Å². The van der Waals surface area contributed by atoms with Gasteiger partial charge in [-0.1, -0.05) is 12.1 Å². The lowest BCUT2D eigenvalue weighted by molar-refractivity contribution is 0.552. The summed E-state index contributed by atoms with van der Waals surface area (Å²) in [4.78, 5) is -0.322. The van der Waals surface area contributed by atoms with Crippen molar-refractivity contribution in [3.63, 3.8) is 0 Å². The fraction of sp³-hybridized carbons (Fsp3) is 0.167. The first-order valence-electron chi connectivity index (χ1n) is 5.44. The second kappa shape index (κ2) is 5.32. The number of nitrogens with zero attached hydrogens (tertiary/aromatic N) is 1. The molecule has 18 heavy (non-hydrogen) atoms. The van der Waals surface area contributed by atoms with Crippen LogP contribution in [0.2, 0.25) is 0 Å². The molecule has 1 aromatic carbocycles. The van der Waals surface area contributed by atoms with Crippen LogP contribution in [0.3, 0.4) is 0 Å². The van der Waals surface area contributed by atoms with Gasteiger partial charge in [0.2, 0.25) is 10.0 Å². The fourth-order valence-electron chi connectivity index (χ4n) is 1.57. The topological polar surface area (TPSA) is 51.1 Å². The summed E-state index contributed by atoms with van der Waals surface area (Å²) in [6, 6.07) is 9.02. The van der Waals surface area contributed by atoms with E-state index in [2.05, 4.69) is 4.72 Å². The van der Waals surface area contributed by atoms with E-state index in [1.807, 2.05) is 29.1 Å². The van der Waals surface area contributed by atoms with Crippen molar-refractivity contribution in [2.75, 3.05) is 6.54 Å². The molecule has 1 aromatic heterocycles. The van der Waals surface area contributed by atoms with Gasteiger partial charge in [0.25, 0.3) is 0 Å². The van der Waals surface area contributed by atoms with E-state index in [9.17, 15) is 12.8 Å². The third-order valence-electron chi connectivity index (χ3n) is 2.45. The predicted molar refractivity (Wildman–Crippen MR) is 66.0 cm³/mol. The zero-order valence-corrected chi connectivity index (χ0v) is 10.4. The molecule has 96 valence electrons. The molecule has 0 fully saturated rings. The maximum absolute atomic E-state index is 13.4. The average Bonchev–Trinajstić information content (AvgIpc) is 2.82. The number of benzene rings is 1. The number of aromatic nitrogens is 1. The van der Waals surface area contributed by atoms with E-state index in [-0.39, 0.29) is 11.4 Å². The first-order valence-corrected chi connectivity index (χ1v) is 6.93. The molecule has 0 atom stereocenters. The van der Waals surface area contributed by atoms with E-state index in [0.717, 1.165) is 6.07 Å². The summed E-state index contributed by atoms with van der Waals surface area (Å²) in [5.41, 5.74) is 0. The number of hydrogen-bond acceptors (Lipinski definition) is 2. The Morgan fingerprint density at radius 3 is 2.44 bits per heavy atom. The van der Waals surface area contributed by atoms with Crippen molar-refractivity contribution in [2.45, 2.75) is 11.4 Å². The van der Waals surface area contributed by atoms with Crippen LogP contribution in [0.15, 0.2) is 53.7 Å². The number of rotatable bonds is 5. The lowest BCUT2D eigenvalue weighted by Gasteiger charge is -2.08. The van der Waals surface area contributed by atoms with Crippen LogP contribution in [-0.2, 0) is 16.6 Å². The molecule has 0 aliphatic rings. The summed E-state index contributed by atoms with van der Waals surface area (Å²) in [6.45, 7) is 0.714. The molecule has 0 aliphatic heterocycles. The van der Waals surface area contributed by atoms with Crippen molar-refractivity contribution in [1.82, 2.24) is 9.29 Å². The van der Waals surface area contributed by atoms with Crippen molar-refractivity contribution < 1.29 is 12.8 Å². The van der Waals surface area contributed by atoms with Crippen molar-refractivity contribution in [3.8, 4) is 0 Å². The standard InChI is InChI=1S/C12H13FN2O2S/c13-11-5-1-2-6-12(11)18(16,17)14-7-10-15-8-3-4-9-15/h1-6,8-9,14H,7,10H2. The first-order chi connectivity index (χ1) is 8.59. The molecular formula is C12H13FN2O2S. The van der Waals surface area contributed by atoms with Crippen LogP contribution in [0, 0.1) is 5.82 Å². The molecule has 0 spiro atoms. The van der Waals surface area contributed by atoms with Crippen LogP contribution in [0.4, 0.5) is 4.39 Å². The fourth-order valence-corrected chi connectivity index (χ4v) is 2.67. The summed E-state index contributed by atoms with van der Waals surface area (Å²) in [7, 11) is -3.78. The van der Waals surface area contributed by atoms with Crippen LogP contribution in [0.25, 0.3) is 0 Å². The molecule has 6 heteroatoms. The molecule has 1 heterocycles. The van der Waals surface area contributed by atoms with Gasteiger partial charge >= 0.3 is 0 Å². The van der Waals surface area contributed by atoms with Crippen molar-refractivity contribution >= 4 is 10.0 Å². The average molecular weight is 268 g/mol. The molecule has 4 nitrogen and oxygen atoms in total. The van der Waals surface area contributed by atoms with E-state index in [4.69, 9.17) is 0 Å². The Hall–Kier alpha value is -1.66. The van der Waals surface area contributed by atoms with Gasteiger partial charge in [0.15, 0.2) is 0 Å². The highest BCUT2D eigenvalue weighted by Crippen LogP contribution is 2.12. The SMILES string of the molecule is O=S(=O)(NCCn1cccc1)c1ccccc1F. The van der Waals surface area contributed by atoms with E-state index >= 15 is 0 Å². The summed E-state index contributed by atoms with van der Waals surface area (Å²) in [5.74, 6) is -0.744. The molecular weight excluding hydrogens is 255 g/mol. The molecule has 0 amide bonds. The highest BCUT2D eigenvalue weighted by Gasteiger charge is 2.17. The monoisotopic (exact) mass is 268 g/mol. The van der Waals surface area contributed by atoms with Crippen LogP contribution in [0.5, 0.6) is 0 Å². The van der Waals surface area contributed by atoms with Crippen molar-refractivity contribution in [2.24, 2.45) is 0 Å². The minimum absolute atomic E-state index is 0.214. The Morgan fingerprint density at radius 1 is 1.11 bits per heavy atom. The van der Waals surface area contributed by atoms with Crippen LogP contribution < -0.4 is 4.72 Å². The third kappa shape index (κ3) is 2.96. The van der Waals surface area contributed by atoms with Gasteiger partial charge < -0.3 is 4.57 Å². The number of hydrogen-bond donors (Lipinski definition) is 1. The number of halogens is 1. The minimum Gasteiger partial charge on any atom is -0.353 e. The van der Waals surface area contributed by atoms with Crippen LogP contribution in [0.1, 0.15) is 0 Å². The molecule has 0 bridgehead atoms. The lowest BCUT2D eigenvalue weighted by Crippen LogP contribution is -2.27. The summed E-state index contributed by atoms with van der Waals surface area (Å²) in [6.07, 6.45) is 3.66. The van der Waals surface area contributed by atoms with Gasteiger partial charge in [-0.15, -0.1) is 0 Å². The maximum Gasteiger partial charge on any atom is 0.243 e. The highest BCUT2D eigenvalue weighted by atomic mass is 32.2. The Labute approximate surface area is 105 Å². The minimum atomic E-state index is -3.78. The number of sulfonamides is 1. The van der Waals surface area contributed by atoms with Crippen LogP contribution in [-0.4, -0.2) is 19.5 Å². The van der Waals surface area contributed by atoms with E-state index in [1.165, 1.54) is 18.2 Å². The van der Waals surface area contributed by atoms with E-state index in [0.29, 0.717) is 6.54 Å². The molecule has 1 N–H and O–H groups in total. The quantitative estimate of drug-likeness (QED) is 0.895. The zero-order valence-electron chi connectivity index (χ0n) is 9.58. The number of nitrogens with one attached hydrogen (secondary N) is 1. The Balaban J connectivity index is 2.02. The van der Waals surface area contributed by atoms with E-state index in [1.54, 1.807) is 0 Å². The largest absolute Gasteiger partial charge is 0.353 e. The maximum atomic E-state index is 13.4. The molecule has 2 aromatic rings. The second-order valence-corrected chi connectivity index (χ2v) is 5.48. The summed E-state index contributed by atoms with van der Waals surface area (Å²) < 4.78 is 41.2. The molecule has 2 rings (SSSR count). The van der Waals surface area contributed by atoms with Gasteiger partial charge in [-0.2, -0.15) is 0 Å². The van der Waals surface area contributed by atoms with Gasteiger partial charge in [-0.05, 0) is 24.3 Å². The molecule has 0 saturated heterocycles. The zero-order chi connectivity index (χ0) is 13.0. The summed E-state index contributed by atoms with van der Waals surface area (Å²) in [5, 5.41) is 0. The van der Waals surface area contributed by atoms with Crippen LogP contribution >= 0.6 is 0 Å². The Bertz CT molecular complexity index is 609. The van der Waals surface area contributed by atoms with Crippen molar-refractivity contribution in [3.05, 3.63) is 54.6 Å². The molecule has 0 radical (unpaired) electrons.